The fraction of sp³-hybridized carbons (Fsp3) is 0.182. The third-order valence-corrected chi connectivity index (χ3v) is 5.72. The van der Waals surface area contributed by atoms with Crippen LogP contribution >= 0.6 is 34.5 Å². The summed E-state index contributed by atoms with van der Waals surface area (Å²) in [6, 6.07) is 2.66. The summed E-state index contributed by atoms with van der Waals surface area (Å²) in [6.45, 7) is 1.31. The van der Waals surface area contributed by atoms with E-state index in [1.165, 1.54) is 23.5 Å². The van der Waals surface area contributed by atoms with E-state index in [1.54, 1.807) is 12.3 Å². The van der Waals surface area contributed by atoms with Crippen molar-refractivity contribution in [3.8, 4) is 0 Å². The lowest BCUT2D eigenvalue weighted by molar-refractivity contribution is 0.282. The van der Waals surface area contributed by atoms with Gasteiger partial charge in [-0.05, 0) is 19.1 Å². The first kappa shape index (κ1) is 15.5. The van der Waals surface area contributed by atoms with Gasteiger partial charge >= 0.3 is 0 Å². The summed E-state index contributed by atoms with van der Waals surface area (Å²) in [5.74, 6) is 0. The Morgan fingerprint density at radius 3 is 2.65 bits per heavy atom. The molecule has 108 valence electrons. The van der Waals surface area contributed by atoms with Crippen LogP contribution in [0.25, 0.3) is 0 Å². The van der Waals surface area contributed by atoms with E-state index in [2.05, 4.69) is 9.71 Å². The molecule has 0 atom stereocenters. The lowest BCUT2D eigenvalue weighted by Crippen LogP contribution is -2.14. The highest BCUT2D eigenvalue weighted by atomic mass is 35.5. The minimum absolute atomic E-state index is 0.0965. The number of hydrogen-bond donors (Lipinski definition) is 2. The number of anilines is 1. The first-order valence-electron chi connectivity index (χ1n) is 5.38. The quantitative estimate of drug-likeness (QED) is 0.886. The highest BCUT2D eigenvalue weighted by Crippen LogP contribution is 2.32. The number of sulfonamides is 1. The van der Waals surface area contributed by atoms with E-state index in [0.29, 0.717) is 5.69 Å². The molecule has 9 heteroatoms. The van der Waals surface area contributed by atoms with Gasteiger partial charge in [-0.15, -0.1) is 11.3 Å². The van der Waals surface area contributed by atoms with Gasteiger partial charge in [0.1, 0.15) is 4.90 Å². The van der Waals surface area contributed by atoms with Gasteiger partial charge in [-0.2, -0.15) is 0 Å². The molecule has 20 heavy (non-hydrogen) atoms. The smallest absolute Gasteiger partial charge is 0.265 e. The molecule has 1 aromatic carbocycles. The number of benzene rings is 1. The van der Waals surface area contributed by atoms with Gasteiger partial charge in [0.25, 0.3) is 10.0 Å². The third-order valence-electron chi connectivity index (χ3n) is 2.44. The lowest BCUT2D eigenvalue weighted by atomic mass is 10.2. The maximum absolute atomic E-state index is 12.3. The molecule has 0 fully saturated rings. The summed E-state index contributed by atoms with van der Waals surface area (Å²) in [7, 11) is -3.88. The second kappa shape index (κ2) is 5.87. The van der Waals surface area contributed by atoms with E-state index in [4.69, 9.17) is 23.2 Å². The summed E-state index contributed by atoms with van der Waals surface area (Å²) in [5.41, 5.74) is 0.887. The molecular weight excluding hydrogens is 343 g/mol. The van der Waals surface area contributed by atoms with Crippen LogP contribution in [0.15, 0.2) is 22.4 Å². The van der Waals surface area contributed by atoms with Crippen molar-refractivity contribution in [1.29, 1.82) is 0 Å². The molecule has 0 bridgehead atoms. The number of aromatic nitrogens is 1. The summed E-state index contributed by atoms with van der Waals surface area (Å²) >= 11 is 13.0. The van der Waals surface area contributed by atoms with Crippen molar-refractivity contribution in [2.75, 3.05) is 4.72 Å². The number of aryl methyl sites for hydroxylation is 1. The topological polar surface area (TPSA) is 79.3 Å². The van der Waals surface area contributed by atoms with Crippen LogP contribution < -0.4 is 4.72 Å². The van der Waals surface area contributed by atoms with E-state index >= 15 is 0 Å². The molecule has 2 rings (SSSR count). The van der Waals surface area contributed by atoms with E-state index in [1.807, 2.05) is 0 Å². The molecule has 0 radical (unpaired) electrons. The zero-order valence-electron chi connectivity index (χ0n) is 10.2. The average Bonchev–Trinajstić information content (AvgIpc) is 2.74. The Labute approximate surface area is 130 Å². The second-order valence-corrected chi connectivity index (χ2v) is 7.19. The van der Waals surface area contributed by atoms with Gasteiger partial charge in [0, 0.05) is 16.0 Å². The van der Waals surface area contributed by atoms with E-state index in [9.17, 15) is 13.5 Å². The Morgan fingerprint density at radius 2 is 2.10 bits per heavy atom. The lowest BCUT2D eigenvalue weighted by Gasteiger charge is -2.10. The van der Waals surface area contributed by atoms with Crippen molar-refractivity contribution in [1.82, 2.24) is 4.98 Å². The molecule has 0 aliphatic rings. The normalized spacial score (nSPS) is 11.6. The average molecular weight is 353 g/mol. The van der Waals surface area contributed by atoms with Crippen LogP contribution in [0.5, 0.6) is 0 Å². The molecule has 1 aromatic heterocycles. The highest BCUT2D eigenvalue weighted by molar-refractivity contribution is 7.93. The Kier molecular flexibility index (Phi) is 4.55. The number of aliphatic hydroxyl groups excluding tert-OH is 1. The molecule has 0 spiro atoms. The number of halogens is 2. The van der Waals surface area contributed by atoms with Gasteiger partial charge in [-0.3, -0.25) is 4.72 Å². The predicted octanol–water partition coefficient (Wildman–Crippen LogP) is 3.05. The molecule has 1 heterocycles. The molecular formula is C11H10Cl2N2O3S2. The maximum Gasteiger partial charge on any atom is 0.265 e. The van der Waals surface area contributed by atoms with Gasteiger partial charge in [0.2, 0.25) is 0 Å². The largest absolute Gasteiger partial charge is 0.392 e. The fourth-order valence-electron chi connectivity index (χ4n) is 1.50. The van der Waals surface area contributed by atoms with Gasteiger partial charge in [-0.1, -0.05) is 23.2 Å². The second-order valence-electron chi connectivity index (χ2n) is 3.90. The Bertz CT molecular complexity index is 744. The standard InChI is InChI=1S/C11H10Cl2N2O3S2/c1-6-5-19-11(14-6)15-20(17,18)9-3-2-8(12)7(4-16)10(9)13/h2-3,5,16H,4H2,1H3,(H,14,15). The molecule has 5 nitrogen and oxygen atoms in total. The Morgan fingerprint density at radius 1 is 1.40 bits per heavy atom. The minimum atomic E-state index is -3.88. The van der Waals surface area contributed by atoms with Crippen LogP contribution in [0.1, 0.15) is 11.3 Å². The summed E-state index contributed by atoms with van der Waals surface area (Å²) in [5, 5.41) is 11.3. The molecule has 2 aromatic rings. The summed E-state index contributed by atoms with van der Waals surface area (Å²) in [4.78, 5) is 3.87. The van der Waals surface area contributed by atoms with Gasteiger partial charge in [0.15, 0.2) is 5.13 Å². The number of thiazole rings is 1. The summed E-state index contributed by atoms with van der Waals surface area (Å²) in [6.07, 6.45) is 0. The van der Waals surface area contributed by atoms with Gasteiger partial charge in [-0.25, -0.2) is 13.4 Å². The Hall–Kier alpha value is -0.860. The van der Waals surface area contributed by atoms with Crippen molar-refractivity contribution in [3.63, 3.8) is 0 Å². The van der Waals surface area contributed by atoms with Crippen LogP contribution in [-0.4, -0.2) is 18.5 Å². The van der Waals surface area contributed by atoms with Crippen LogP contribution in [0.3, 0.4) is 0 Å². The van der Waals surface area contributed by atoms with Gasteiger partial charge < -0.3 is 5.11 Å². The predicted molar refractivity (Wildman–Crippen MR) is 80.0 cm³/mol. The molecule has 0 saturated heterocycles. The zero-order valence-corrected chi connectivity index (χ0v) is 13.4. The van der Waals surface area contributed by atoms with Crippen molar-refractivity contribution >= 4 is 49.7 Å². The number of hydrogen-bond acceptors (Lipinski definition) is 5. The monoisotopic (exact) mass is 352 g/mol. The van der Waals surface area contributed by atoms with Crippen LogP contribution in [0, 0.1) is 6.92 Å². The first-order chi connectivity index (χ1) is 9.35. The molecule has 0 aliphatic heterocycles. The van der Waals surface area contributed by atoms with Crippen LogP contribution in [-0.2, 0) is 16.6 Å². The van der Waals surface area contributed by atoms with Crippen LogP contribution in [0.4, 0.5) is 5.13 Å². The SMILES string of the molecule is Cc1csc(NS(=O)(=O)c2ccc(Cl)c(CO)c2Cl)n1. The minimum Gasteiger partial charge on any atom is -0.392 e. The maximum atomic E-state index is 12.3. The van der Waals surface area contributed by atoms with E-state index in [0.717, 1.165) is 0 Å². The molecule has 0 amide bonds. The van der Waals surface area contributed by atoms with Crippen molar-refractivity contribution in [2.24, 2.45) is 0 Å². The number of nitrogens with one attached hydrogen (secondary N) is 1. The fourth-order valence-corrected chi connectivity index (χ4v) is 4.34. The highest BCUT2D eigenvalue weighted by Gasteiger charge is 2.22. The number of nitrogens with zero attached hydrogens (tertiary/aromatic N) is 1. The molecule has 0 unspecified atom stereocenters. The van der Waals surface area contributed by atoms with E-state index < -0.39 is 16.6 Å². The Balaban J connectivity index is 2.44. The van der Waals surface area contributed by atoms with Crippen molar-refractivity contribution in [2.45, 2.75) is 18.4 Å². The van der Waals surface area contributed by atoms with Crippen LogP contribution in [0.2, 0.25) is 10.0 Å². The number of aliphatic hydroxyl groups is 1. The zero-order chi connectivity index (χ0) is 14.9. The van der Waals surface area contributed by atoms with Crippen molar-refractivity contribution < 1.29 is 13.5 Å². The van der Waals surface area contributed by atoms with Gasteiger partial charge in [0.05, 0.1) is 17.3 Å². The van der Waals surface area contributed by atoms with Crippen molar-refractivity contribution in [3.05, 3.63) is 38.8 Å². The summed E-state index contributed by atoms with van der Waals surface area (Å²) < 4.78 is 26.9. The number of rotatable bonds is 4. The third kappa shape index (κ3) is 3.07. The molecule has 2 N–H and O–H groups in total. The van der Waals surface area contributed by atoms with E-state index in [-0.39, 0.29) is 25.6 Å². The first-order valence-corrected chi connectivity index (χ1v) is 8.49. The molecule has 0 aliphatic carbocycles. The molecule has 0 saturated carbocycles.